The third kappa shape index (κ3) is 8.29. The van der Waals surface area contributed by atoms with E-state index in [1.165, 1.54) is 24.4 Å². The predicted octanol–water partition coefficient (Wildman–Crippen LogP) is 7.33. The fourth-order valence-electron chi connectivity index (χ4n) is 7.21. The van der Waals surface area contributed by atoms with Gasteiger partial charge in [-0.2, -0.15) is 5.26 Å². The molecule has 0 atom stereocenters. The maximum absolute atomic E-state index is 14.5. The molecule has 1 N–H and O–H groups in total. The first-order valence-electron chi connectivity index (χ1n) is 16.9. The highest BCUT2D eigenvalue weighted by molar-refractivity contribution is 6.29. The van der Waals surface area contributed by atoms with Gasteiger partial charge in [0.15, 0.2) is 0 Å². The molecule has 3 heterocycles. The molecule has 0 unspecified atom stereocenters. The molecule has 2 saturated heterocycles. The lowest BCUT2D eigenvalue weighted by atomic mass is 9.70. The van der Waals surface area contributed by atoms with E-state index in [-0.39, 0.29) is 40.9 Å². The van der Waals surface area contributed by atoms with Gasteiger partial charge in [0.1, 0.15) is 16.8 Å². The van der Waals surface area contributed by atoms with Gasteiger partial charge in [-0.3, -0.25) is 9.69 Å². The van der Waals surface area contributed by atoms with Crippen molar-refractivity contribution in [3.05, 3.63) is 130 Å². The second-order valence-electron chi connectivity index (χ2n) is 13.1. The van der Waals surface area contributed by atoms with Gasteiger partial charge < -0.3 is 15.1 Å². The summed E-state index contributed by atoms with van der Waals surface area (Å²) in [6.07, 6.45) is 5.12. The second kappa shape index (κ2) is 15.8. The molecule has 3 amide bonds. The minimum Gasteiger partial charge on any atom is -0.339 e. The maximum atomic E-state index is 14.5. The monoisotopic (exact) mass is 696 g/mol. The van der Waals surface area contributed by atoms with Gasteiger partial charge in [0.05, 0.1) is 11.6 Å². The van der Waals surface area contributed by atoms with Crippen molar-refractivity contribution in [2.45, 2.75) is 50.1 Å². The number of halogens is 3. The molecule has 258 valence electrons. The van der Waals surface area contributed by atoms with Crippen molar-refractivity contribution in [1.29, 1.82) is 5.26 Å². The first kappa shape index (κ1) is 35.0. The third-order valence-electron chi connectivity index (χ3n) is 10.1. The molecule has 50 heavy (non-hydrogen) atoms. The minimum absolute atomic E-state index is 0.0898. The number of hydrogen-bond donors (Lipinski definition) is 1. The zero-order chi connectivity index (χ0) is 35.1. The molecule has 0 bridgehead atoms. The van der Waals surface area contributed by atoms with Crippen molar-refractivity contribution >= 4 is 29.2 Å². The van der Waals surface area contributed by atoms with E-state index in [4.69, 9.17) is 16.9 Å². The lowest BCUT2D eigenvalue weighted by molar-refractivity contribution is 0.0644. The Kier molecular flexibility index (Phi) is 11.1. The largest absolute Gasteiger partial charge is 0.339 e. The summed E-state index contributed by atoms with van der Waals surface area (Å²) in [4.78, 5) is 36.8. The third-order valence-corrected chi connectivity index (χ3v) is 10.3. The number of hydrogen-bond acceptors (Lipinski definition) is 5. The van der Waals surface area contributed by atoms with Crippen LogP contribution in [0.25, 0.3) is 0 Å². The summed E-state index contributed by atoms with van der Waals surface area (Å²) in [6.45, 7) is 3.62. The predicted molar refractivity (Wildman–Crippen MR) is 189 cm³/mol. The van der Waals surface area contributed by atoms with E-state index in [0.717, 1.165) is 37.2 Å². The van der Waals surface area contributed by atoms with Gasteiger partial charge in [0.2, 0.25) is 0 Å². The number of anilines is 1. The zero-order valence-electron chi connectivity index (χ0n) is 27.7. The number of carbonyl (C=O) groups is 2. The standard InChI is InChI=1S/C39H39ClF2N6O2/c40-36-23-30(11-17-44-36)37(49)47-21-15-39(16-22-47,31-3-1-4-32(41)24-31)14-20-46-18-12-34(13-19-46)48(35-6-2-5-33(42)25-35)38(50)45-27-29-9-7-28(26-43)8-10-29/h1-11,17,23-25,34H,12-16,18-22,27H2,(H,45,50). The lowest BCUT2D eigenvalue weighted by Gasteiger charge is -2.44. The number of likely N-dealkylation sites (tertiary alicyclic amines) is 2. The molecule has 0 aliphatic carbocycles. The molecule has 0 radical (unpaired) electrons. The summed E-state index contributed by atoms with van der Waals surface area (Å²) < 4.78 is 28.9. The topological polar surface area (TPSA) is 92.6 Å². The van der Waals surface area contributed by atoms with E-state index >= 15 is 0 Å². The number of urea groups is 1. The smallest absolute Gasteiger partial charge is 0.322 e. The van der Waals surface area contributed by atoms with Gasteiger partial charge in [0.25, 0.3) is 5.91 Å². The summed E-state index contributed by atoms with van der Waals surface area (Å²) in [5.74, 6) is -0.777. The molecule has 2 aliphatic rings. The van der Waals surface area contributed by atoms with E-state index in [0.29, 0.717) is 55.6 Å². The van der Waals surface area contributed by atoms with Gasteiger partial charge in [-0.25, -0.2) is 18.6 Å². The molecule has 1 aromatic heterocycles. The Morgan fingerprint density at radius 1 is 0.940 bits per heavy atom. The number of pyridine rings is 1. The number of rotatable bonds is 9. The fourth-order valence-corrected chi connectivity index (χ4v) is 7.38. The van der Waals surface area contributed by atoms with Crippen LogP contribution in [-0.2, 0) is 12.0 Å². The van der Waals surface area contributed by atoms with E-state index in [1.807, 2.05) is 11.0 Å². The molecular weight excluding hydrogens is 658 g/mol. The van der Waals surface area contributed by atoms with Crippen LogP contribution in [-0.4, -0.2) is 65.5 Å². The van der Waals surface area contributed by atoms with Crippen molar-refractivity contribution in [2.75, 3.05) is 37.6 Å². The van der Waals surface area contributed by atoms with Crippen LogP contribution in [0.3, 0.4) is 0 Å². The highest BCUT2D eigenvalue weighted by atomic mass is 35.5. The Morgan fingerprint density at radius 2 is 1.64 bits per heavy atom. The molecule has 4 aromatic rings. The molecule has 2 aliphatic heterocycles. The molecule has 8 nitrogen and oxygen atoms in total. The second-order valence-corrected chi connectivity index (χ2v) is 13.5. The van der Waals surface area contributed by atoms with Gasteiger partial charge in [-0.1, -0.05) is 41.9 Å². The zero-order valence-corrected chi connectivity index (χ0v) is 28.5. The molecule has 11 heteroatoms. The number of nitriles is 1. The lowest BCUT2D eigenvalue weighted by Crippen LogP contribution is -2.51. The Balaban J connectivity index is 1.11. The summed E-state index contributed by atoms with van der Waals surface area (Å²) in [5, 5.41) is 12.3. The van der Waals surface area contributed by atoms with Crippen LogP contribution in [0.1, 0.15) is 59.2 Å². The highest BCUT2D eigenvalue weighted by Gasteiger charge is 2.39. The first-order valence-corrected chi connectivity index (χ1v) is 17.3. The van der Waals surface area contributed by atoms with Crippen LogP contribution in [0.2, 0.25) is 5.15 Å². The maximum Gasteiger partial charge on any atom is 0.322 e. The molecule has 3 aromatic carbocycles. The fraction of sp³-hybridized carbons (Fsp3) is 0.333. The number of amides is 3. The Hall–Kier alpha value is -4.85. The number of aromatic nitrogens is 1. The van der Waals surface area contributed by atoms with Crippen LogP contribution in [0.5, 0.6) is 0 Å². The normalized spacial score (nSPS) is 16.4. The van der Waals surface area contributed by atoms with Crippen LogP contribution < -0.4 is 10.2 Å². The first-order chi connectivity index (χ1) is 24.2. The van der Waals surface area contributed by atoms with Crippen LogP contribution in [0.15, 0.2) is 91.1 Å². The van der Waals surface area contributed by atoms with Crippen molar-refractivity contribution in [1.82, 2.24) is 20.1 Å². The summed E-state index contributed by atoms with van der Waals surface area (Å²) >= 11 is 6.04. The van der Waals surface area contributed by atoms with Gasteiger partial charge in [-0.05, 0) is 110 Å². The van der Waals surface area contributed by atoms with Crippen molar-refractivity contribution < 1.29 is 18.4 Å². The Bertz CT molecular complexity index is 1850. The Labute approximate surface area is 296 Å². The van der Waals surface area contributed by atoms with Crippen LogP contribution >= 0.6 is 11.6 Å². The summed E-state index contributed by atoms with van der Waals surface area (Å²) in [5.41, 5.74) is 3.05. The van der Waals surface area contributed by atoms with Crippen LogP contribution in [0, 0.1) is 23.0 Å². The van der Waals surface area contributed by atoms with E-state index in [9.17, 15) is 18.4 Å². The molecule has 0 spiro atoms. The molecule has 2 fully saturated rings. The number of carbonyl (C=O) groups excluding carboxylic acids is 2. The molecule has 6 rings (SSSR count). The van der Waals surface area contributed by atoms with Crippen LogP contribution in [0.4, 0.5) is 19.3 Å². The van der Waals surface area contributed by atoms with Crippen molar-refractivity contribution in [3.63, 3.8) is 0 Å². The van der Waals surface area contributed by atoms with Crippen molar-refractivity contribution in [2.24, 2.45) is 0 Å². The summed E-state index contributed by atoms with van der Waals surface area (Å²) in [6, 6.07) is 24.9. The van der Waals surface area contributed by atoms with Gasteiger partial charge in [-0.15, -0.1) is 0 Å². The molecule has 0 saturated carbocycles. The average molecular weight is 697 g/mol. The van der Waals surface area contributed by atoms with E-state index < -0.39 is 5.82 Å². The average Bonchev–Trinajstić information content (AvgIpc) is 3.14. The number of nitrogens with one attached hydrogen (secondary N) is 1. The quantitative estimate of drug-likeness (QED) is 0.185. The number of nitrogens with zero attached hydrogens (tertiary/aromatic N) is 5. The van der Waals surface area contributed by atoms with Gasteiger partial charge >= 0.3 is 6.03 Å². The van der Waals surface area contributed by atoms with E-state index in [2.05, 4.69) is 21.3 Å². The van der Waals surface area contributed by atoms with Crippen molar-refractivity contribution in [3.8, 4) is 6.07 Å². The molecular formula is C39H39ClF2N6O2. The number of benzene rings is 3. The Morgan fingerprint density at radius 3 is 2.30 bits per heavy atom. The SMILES string of the molecule is N#Cc1ccc(CNC(=O)N(c2cccc(F)c2)C2CCN(CCC3(c4cccc(F)c4)CCN(C(=O)c4ccnc(Cl)c4)CC3)CC2)cc1. The van der Waals surface area contributed by atoms with E-state index in [1.54, 1.807) is 65.6 Å². The number of piperidine rings is 2. The summed E-state index contributed by atoms with van der Waals surface area (Å²) in [7, 11) is 0. The minimum atomic E-state index is -0.412. The highest BCUT2D eigenvalue weighted by Crippen LogP contribution is 2.40. The van der Waals surface area contributed by atoms with Gasteiger partial charge in [0, 0.05) is 56.2 Å².